The number of carboxylic acid groups (broad SMARTS) is 1. The molecule has 0 aliphatic heterocycles. The number of hydrogen-bond acceptors (Lipinski definition) is 3. The third kappa shape index (κ3) is 6.40. The van der Waals surface area contributed by atoms with Gasteiger partial charge in [0.25, 0.3) is 0 Å². The van der Waals surface area contributed by atoms with Crippen LogP contribution in [0.1, 0.15) is 33.6 Å². The third-order valence-electron chi connectivity index (χ3n) is 2.95. The average molecular weight is 287 g/mol. The molecule has 0 saturated heterocycles. The highest BCUT2D eigenvalue weighted by Gasteiger charge is 2.25. The van der Waals surface area contributed by atoms with Crippen LogP contribution in [0.4, 0.5) is 4.79 Å². The largest absolute Gasteiger partial charge is 0.480 e. The summed E-state index contributed by atoms with van der Waals surface area (Å²) in [5.74, 6) is -1.32. The Kier molecular flexibility index (Phi) is 8.35. The van der Waals surface area contributed by atoms with Gasteiger partial charge in [0, 0.05) is 19.6 Å². The zero-order valence-corrected chi connectivity index (χ0v) is 12.7. The SMILES string of the molecule is CCCNC(=O)CN(C)C(=O)N(CC(=O)O)C(C)CC. The monoisotopic (exact) mass is 287 g/mol. The number of carbonyl (C=O) groups is 3. The van der Waals surface area contributed by atoms with Crippen molar-refractivity contribution in [2.45, 2.75) is 39.7 Å². The Morgan fingerprint density at radius 2 is 1.80 bits per heavy atom. The molecule has 0 aromatic rings. The van der Waals surface area contributed by atoms with E-state index < -0.39 is 12.0 Å². The quantitative estimate of drug-likeness (QED) is 0.689. The number of aliphatic carboxylic acids is 1. The molecule has 7 heteroatoms. The molecule has 0 aromatic heterocycles. The molecule has 0 bridgehead atoms. The topological polar surface area (TPSA) is 90.0 Å². The van der Waals surface area contributed by atoms with Gasteiger partial charge in [-0.3, -0.25) is 9.59 Å². The molecule has 0 fully saturated rings. The number of carboxylic acids is 1. The summed E-state index contributed by atoms with van der Waals surface area (Å²) in [6.07, 6.45) is 1.47. The summed E-state index contributed by atoms with van der Waals surface area (Å²) in [5.41, 5.74) is 0. The van der Waals surface area contributed by atoms with Gasteiger partial charge in [-0.15, -0.1) is 0 Å². The van der Waals surface area contributed by atoms with Crippen LogP contribution in [-0.4, -0.2) is 65.5 Å². The average Bonchev–Trinajstić information content (AvgIpc) is 2.40. The highest BCUT2D eigenvalue weighted by atomic mass is 16.4. The fourth-order valence-corrected chi connectivity index (χ4v) is 1.60. The minimum atomic E-state index is -1.07. The van der Waals surface area contributed by atoms with E-state index in [1.807, 2.05) is 13.8 Å². The first kappa shape index (κ1) is 18.2. The van der Waals surface area contributed by atoms with Crippen LogP contribution in [0.25, 0.3) is 0 Å². The van der Waals surface area contributed by atoms with Crippen molar-refractivity contribution >= 4 is 17.9 Å². The van der Waals surface area contributed by atoms with Crippen molar-refractivity contribution < 1.29 is 19.5 Å². The Balaban J connectivity index is 4.62. The molecule has 0 aliphatic rings. The van der Waals surface area contributed by atoms with Crippen LogP contribution >= 0.6 is 0 Å². The number of hydrogen-bond donors (Lipinski definition) is 2. The summed E-state index contributed by atoms with van der Waals surface area (Å²) < 4.78 is 0. The van der Waals surface area contributed by atoms with Crippen LogP contribution < -0.4 is 5.32 Å². The molecule has 2 N–H and O–H groups in total. The van der Waals surface area contributed by atoms with E-state index in [1.54, 1.807) is 6.92 Å². The molecule has 0 aliphatic carbocycles. The molecule has 0 rings (SSSR count). The molecule has 0 radical (unpaired) electrons. The van der Waals surface area contributed by atoms with Crippen molar-refractivity contribution in [3.8, 4) is 0 Å². The molecule has 20 heavy (non-hydrogen) atoms. The van der Waals surface area contributed by atoms with Gasteiger partial charge in [-0.2, -0.15) is 0 Å². The van der Waals surface area contributed by atoms with Crippen molar-refractivity contribution in [2.75, 3.05) is 26.7 Å². The van der Waals surface area contributed by atoms with Crippen molar-refractivity contribution in [2.24, 2.45) is 0 Å². The number of amides is 3. The molecular weight excluding hydrogens is 262 g/mol. The Labute approximate surface area is 119 Å². The van der Waals surface area contributed by atoms with E-state index in [0.29, 0.717) is 13.0 Å². The second-order valence-corrected chi connectivity index (χ2v) is 4.77. The fraction of sp³-hybridized carbons (Fsp3) is 0.769. The fourth-order valence-electron chi connectivity index (χ4n) is 1.60. The van der Waals surface area contributed by atoms with E-state index in [1.165, 1.54) is 16.8 Å². The first-order valence-electron chi connectivity index (χ1n) is 6.83. The maximum Gasteiger partial charge on any atom is 0.323 e. The standard InChI is InChI=1S/C13H25N3O4/c1-5-7-14-11(17)8-15(4)13(20)16(9-12(18)19)10(3)6-2/h10H,5-9H2,1-4H3,(H,14,17)(H,18,19). The number of urea groups is 1. The summed E-state index contributed by atoms with van der Waals surface area (Å²) in [6, 6.07) is -0.645. The second kappa shape index (κ2) is 9.17. The van der Waals surface area contributed by atoms with Crippen molar-refractivity contribution in [1.29, 1.82) is 0 Å². The Hall–Kier alpha value is -1.79. The molecule has 116 valence electrons. The number of likely N-dealkylation sites (N-methyl/N-ethyl adjacent to an activating group) is 1. The summed E-state index contributed by atoms with van der Waals surface area (Å²) in [4.78, 5) is 37.1. The summed E-state index contributed by atoms with van der Waals surface area (Å²) in [5, 5.41) is 11.5. The van der Waals surface area contributed by atoms with Gasteiger partial charge in [0.1, 0.15) is 13.1 Å². The Bertz CT molecular complexity index is 347. The molecule has 0 spiro atoms. The first-order chi connectivity index (χ1) is 9.33. The van der Waals surface area contributed by atoms with Gasteiger partial charge in [0.05, 0.1) is 0 Å². The molecule has 3 amide bonds. The zero-order valence-electron chi connectivity index (χ0n) is 12.7. The number of rotatable bonds is 8. The highest BCUT2D eigenvalue weighted by molar-refractivity contribution is 5.85. The van der Waals surface area contributed by atoms with Crippen LogP contribution in [0, 0.1) is 0 Å². The molecule has 0 aromatic carbocycles. The van der Waals surface area contributed by atoms with Crippen LogP contribution in [0.15, 0.2) is 0 Å². The Morgan fingerprint density at radius 1 is 1.20 bits per heavy atom. The van der Waals surface area contributed by atoms with Crippen LogP contribution in [-0.2, 0) is 9.59 Å². The second-order valence-electron chi connectivity index (χ2n) is 4.77. The van der Waals surface area contributed by atoms with E-state index in [9.17, 15) is 14.4 Å². The van der Waals surface area contributed by atoms with Crippen molar-refractivity contribution in [1.82, 2.24) is 15.1 Å². The first-order valence-corrected chi connectivity index (χ1v) is 6.83. The van der Waals surface area contributed by atoms with Gasteiger partial charge in [-0.1, -0.05) is 13.8 Å². The lowest BCUT2D eigenvalue weighted by molar-refractivity contribution is -0.138. The van der Waals surface area contributed by atoms with Gasteiger partial charge in [-0.25, -0.2) is 4.79 Å². The smallest absolute Gasteiger partial charge is 0.323 e. The molecular formula is C13H25N3O4. The summed E-state index contributed by atoms with van der Waals surface area (Å²) in [7, 11) is 1.49. The normalized spacial score (nSPS) is 11.6. The van der Waals surface area contributed by atoms with Gasteiger partial charge in [0.2, 0.25) is 5.91 Å². The van der Waals surface area contributed by atoms with Crippen LogP contribution in [0.2, 0.25) is 0 Å². The van der Waals surface area contributed by atoms with E-state index in [-0.39, 0.29) is 25.0 Å². The van der Waals surface area contributed by atoms with Crippen molar-refractivity contribution in [3.05, 3.63) is 0 Å². The minimum absolute atomic E-state index is 0.0780. The van der Waals surface area contributed by atoms with Crippen molar-refractivity contribution in [3.63, 3.8) is 0 Å². The molecule has 7 nitrogen and oxygen atoms in total. The predicted octanol–water partition coefficient (Wildman–Crippen LogP) is 0.750. The van der Waals surface area contributed by atoms with Gasteiger partial charge in [-0.05, 0) is 19.8 Å². The molecule has 1 unspecified atom stereocenters. The minimum Gasteiger partial charge on any atom is -0.480 e. The maximum absolute atomic E-state index is 12.2. The lowest BCUT2D eigenvalue weighted by Gasteiger charge is -2.31. The molecule has 0 saturated carbocycles. The highest BCUT2D eigenvalue weighted by Crippen LogP contribution is 2.07. The van der Waals surface area contributed by atoms with Gasteiger partial charge < -0.3 is 20.2 Å². The number of nitrogens with zero attached hydrogens (tertiary/aromatic N) is 2. The molecule has 0 heterocycles. The van der Waals surface area contributed by atoms with E-state index in [4.69, 9.17) is 5.11 Å². The lowest BCUT2D eigenvalue weighted by atomic mass is 10.2. The van der Waals surface area contributed by atoms with E-state index >= 15 is 0 Å². The summed E-state index contributed by atoms with van der Waals surface area (Å²) in [6.45, 7) is 5.71. The summed E-state index contributed by atoms with van der Waals surface area (Å²) >= 11 is 0. The number of carbonyl (C=O) groups excluding carboxylic acids is 2. The number of nitrogens with one attached hydrogen (secondary N) is 1. The van der Waals surface area contributed by atoms with Crippen LogP contribution in [0.3, 0.4) is 0 Å². The van der Waals surface area contributed by atoms with Gasteiger partial charge in [0.15, 0.2) is 0 Å². The van der Waals surface area contributed by atoms with Crippen LogP contribution in [0.5, 0.6) is 0 Å². The Morgan fingerprint density at radius 3 is 2.25 bits per heavy atom. The van der Waals surface area contributed by atoms with E-state index in [0.717, 1.165) is 6.42 Å². The third-order valence-corrected chi connectivity index (χ3v) is 2.95. The molecule has 1 atom stereocenters. The predicted molar refractivity (Wildman–Crippen MR) is 75.4 cm³/mol. The van der Waals surface area contributed by atoms with Gasteiger partial charge >= 0.3 is 12.0 Å². The zero-order chi connectivity index (χ0) is 15.7. The van der Waals surface area contributed by atoms with E-state index in [2.05, 4.69) is 5.32 Å². The lowest BCUT2D eigenvalue weighted by Crippen LogP contribution is -2.50. The maximum atomic E-state index is 12.2.